The lowest BCUT2D eigenvalue weighted by Crippen LogP contribution is -2.40. The van der Waals surface area contributed by atoms with E-state index in [1.54, 1.807) is 18.6 Å². The van der Waals surface area contributed by atoms with Gasteiger partial charge < -0.3 is 10.1 Å². The summed E-state index contributed by atoms with van der Waals surface area (Å²) in [5.41, 5.74) is 1.48. The van der Waals surface area contributed by atoms with Crippen LogP contribution in [0.25, 0.3) is 11.3 Å². The van der Waals surface area contributed by atoms with E-state index >= 15 is 0 Å². The molecular formula is C18H20FN3O2. The second-order valence-corrected chi connectivity index (χ2v) is 6.94. The normalized spacial score (nSPS) is 16.4. The molecule has 0 fully saturated rings. The molecule has 0 radical (unpaired) electrons. The number of hydrogen-bond donors (Lipinski definition) is 1. The molecule has 0 aliphatic carbocycles. The summed E-state index contributed by atoms with van der Waals surface area (Å²) < 4.78 is 19.9. The van der Waals surface area contributed by atoms with Crippen molar-refractivity contribution in [2.45, 2.75) is 33.3 Å². The van der Waals surface area contributed by atoms with Gasteiger partial charge in [0.15, 0.2) is 0 Å². The van der Waals surface area contributed by atoms with E-state index in [4.69, 9.17) is 4.74 Å². The first kappa shape index (κ1) is 16.4. The van der Waals surface area contributed by atoms with Crippen LogP contribution in [0.3, 0.4) is 0 Å². The van der Waals surface area contributed by atoms with Gasteiger partial charge in [0.2, 0.25) is 5.91 Å². The van der Waals surface area contributed by atoms with Crippen LogP contribution in [0.2, 0.25) is 0 Å². The van der Waals surface area contributed by atoms with Crippen LogP contribution in [0.4, 0.5) is 4.39 Å². The molecule has 0 spiro atoms. The van der Waals surface area contributed by atoms with Crippen LogP contribution in [-0.2, 0) is 11.2 Å². The van der Waals surface area contributed by atoms with E-state index in [-0.39, 0.29) is 17.8 Å². The zero-order valence-electron chi connectivity index (χ0n) is 14.0. The van der Waals surface area contributed by atoms with E-state index in [1.807, 2.05) is 20.8 Å². The Morgan fingerprint density at radius 2 is 2.17 bits per heavy atom. The highest BCUT2D eigenvalue weighted by Crippen LogP contribution is 2.38. The van der Waals surface area contributed by atoms with E-state index in [9.17, 15) is 9.18 Å². The first-order chi connectivity index (χ1) is 11.3. The summed E-state index contributed by atoms with van der Waals surface area (Å²) >= 11 is 0. The molecule has 1 aromatic heterocycles. The first-order valence-corrected chi connectivity index (χ1v) is 7.88. The van der Waals surface area contributed by atoms with Gasteiger partial charge in [-0.1, -0.05) is 20.8 Å². The summed E-state index contributed by atoms with van der Waals surface area (Å²) in [6, 6.07) is 2.87. The summed E-state index contributed by atoms with van der Waals surface area (Å²) in [6.45, 7) is 5.95. The maximum absolute atomic E-state index is 13.9. The van der Waals surface area contributed by atoms with Crippen LogP contribution in [0.15, 0.2) is 30.7 Å². The Labute approximate surface area is 140 Å². The smallest absolute Gasteiger partial charge is 0.225 e. The van der Waals surface area contributed by atoms with Gasteiger partial charge in [-0.2, -0.15) is 0 Å². The van der Waals surface area contributed by atoms with Crippen molar-refractivity contribution in [1.82, 2.24) is 15.3 Å². The van der Waals surface area contributed by atoms with Gasteiger partial charge in [0, 0.05) is 35.4 Å². The lowest BCUT2D eigenvalue weighted by atomic mass is 9.95. The van der Waals surface area contributed by atoms with Crippen molar-refractivity contribution in [3.8, 4) is 17.0 Å². The monoisotopic (exact) mass is 329 g/mol. The van der Waals surface area contributed by atoms with Crippen LogP contribution >= 0.6 is 0 Å². The van der Waals surface area contributed by atoms with Crippen molar-refractivity contribution in [3.05, 3.63) is 42.1 Å². The molecule has 1 aromatic carbocycles. The lowest BCUT2D eigenvalue weighted by Gasteiger charge is -2.19. The molecule has 126 valence electrons. The minimum atomic E-state index is -0.456. The Kier molecular flexibility index (Phi) is 4.22. The molecule has 1 unspecified atom stereocenters. The molecule has 1 aliphatic heterocycles. The quantitative estimate of drug-likeness (QED) is 0.940. The summed E-state index contributed by atoms with van der Waals surface area (Å²) in [6.07, 6.45) is 5.03. The fourth-order valence-corrected chi connectivity index (χ4v) is 2.61. The number of nitrogens with one attached hydrogen (secondary N) is 1. The lowest BCUT2D eigenvalue weighted by molar-refractivity contribution is -0.128. The van der Waals surface area contributed by atoms with Crippen LogP contribution in [0, 0.1) is 11.2 Å². The van der Waals surface area contributed by atoms with Crippen LogP contribution in [0.5, 0.6) is 5.75 Å². The number of ether oxygens (including phenoxy) is 1. The van der Waals surface area contributed by atoms with Crippen molar-refractivity contribution in [1.29, 1.82) is 0 Å². The third-order valence-corrected chi connectivity index (χ3v) is 3.87. The topological polar surface area (TPSA) is 64.1 Å². The molecule has 1 atom stereocenters. The average Bonchev–Trinajstić information content (AvgIpc) is 2.94. The molecule has 6 heteroatoms. The number of nitrogens with zero attached hydrogens (tertiary/aromatic N) is 2. The Bertz CT molecular complexity index is 757. The molecule has 3 rings (SSSR count). The van der Waals surface area contributed by atoms with E-state index in [1.165, 1.54) is 12.1 Å². The third-order valence-electron chi connectivity index (χ3n) is 3.87. The largest absolute Gasteiger partial charge is 0.487 e. The summed E-state index contributed by atoms with van der Waals surface area (Å²) in [4.78, 5) is 20.2. The van der Waals surface area contributed by atoms with Gasteiger partial charge in [-0.25, -0.2) is 4.39 Å². The van der Waals surface area contributed by atoms with E-state index in [0.717, 1.165) is 5.56 Å². The fraction of sp³-hybridized carbons (Fsp3) is 0.389. The fourth-order valence-electron chi connectivity index (χ4n) is 2.61. The van der Waals surface area contributed by atoms with Crippen molar-refractivity contribution >= 4 is 5.91 Å². The summed E-state index contributed by atoms with van der Waals surface area (Å²) in [5, 5.41) is 2.89. The Morgan fingerprint density at radius 1 is 1.38 bits per heavy atom. The van der Waals surface area contributed by atoms with Gasteiger partial charge in [-0.15, -0.1) is 0 Å². The Balaban J connectivity index is 1.79. The minimum absolute atomic E-state index is 0.0395. The van der Waals surface area contributed by atoms with Crippen LogP contribution < -0.4 is 10.1 Å². The summed E-state index contributed by atoms with van der Waals surface area (Å²) in [7, 11) is 0. The van der Waals surface area contributed by atoms with E-state index in [2.05, 4.69) is 15.3 Å². The predicted molar refractivity (Wildman–Crippen MR) is 88.0 cm³/mol. The van der Waals surface area contributed by atoms with Crippen molar-refractivity contribution in [3.63, 3.8) is 0 Å². The first-order valence-electron chi connectivity index (χ1n) is 7.88. The maximum atomic E-state index is 13.9. The highest BCUT2D eigenvalue weighted by atomic mass is 19.1. The molecule has 0 saturated carbocycles. The summed E-state index contributed by atoms with van der Waals surface area (Å²) in [5.74, 6) is 0.242. The van der Waals surface area contributed by atoms with E-state index < -0.39 is 5.41 Å². The van der Waals surface area contributed by atoms with Crippen molar-refractivity contribution in [2.24, 2.45) is 5.41 Å². The van der Waals surface area contributed by atoms with Gasteiger partial charge in [0.05, 0.1) is 18.4 Å². The van der Waals surface area contributed by atoms with Crippen molar-refractivity contribution in [2.75, 3.05) is 6.54 Å². The number of aromatic nitrogens is 2. The van der Waals surface area contributed by atoms with E-state index in [0.29, 0.717) is 30.0 Å². The third kappa shape index (κ3) is 3.37. The standard InChI is InChI=1S/C18H20FN3O2/c1-18(2,3)17(23)22-9-13-7-11-6-12(19)8-14(16(11)24-13)15-10-20-4-5-21-15/h4-6,8,10,13H,7,9H2,1-3H3,(H,22,23). The zero-order chi connectivity index (χ0) is 17.3. The number of halogens is 1. The van der Waals surface area contributed by atoms with Crippen molar-refractivity contribution < 1.29 is 13.9 Å². The SMILES string of the molecule is CC(C)(C)C(=O)NCC1Cc2cc(F)cc(-c3cnccn3)c2O1. The molecule has 1 N–H and O–H groups in total. The van der Waals surface area contributed by atoms with Gasteiger partial charge in [0.1, 0.15) is 17.7 Å². The molecular weight excluding hydrogens is 309 g/mol. The molecule has 0 saturated heterocycles. The van der Waals surface area contributed by atoms with Crippen LogP contribution in [0.1, 0.15) is 26.3 Å². The molecule has 1 amide bonds. The molecule has 0 bridgehead atoms. The minimum Gasteiger partial charge on any atom is -0.487 e. The number of carbonyl (C=O) groups excluding carboxylic acids is 1. The zero-order valence-corrected chi connectivity index (χ0v) is 14.0. The Hall–Kier alpha value is -2.50. The van der Waals surface area contributed by atoms with Gasteiger partial charge in [-0.3, -0.25) is 14.8 Å². The van der Waals surface area contributed by atoms with Gasteiger partial charge in [0.25, 0.3) is 0 Å². The van der Waals surface area contributed by atoms with Gasteiger partial charge >= 0.3 is 0 Å². The second-order valence-electron chi connectivity index (χ2n) is 6.94. The van der Waals surface area contributed by atoms with Crippen LogP contribution in [-0.4, -0.2) is 28.5 Å². The second kappa shape index (κ2) is 6.19. The molecule has 1 aliphatic rings. The highest BCUT2D eigenvalue weighted by molar-refractivity contribution is 5.81. The predicted octanol–water partition coefficient (Wildman–Crippen LogP) is 2.75. The number of amides is 1. The molecule has 5 nitrogen and oxygen atoms in total. The number of rotatable bonds is 3. The maximum Gasteiger partial charge on any atom is 0.225 e. The Morgan fingerprint density at radius 3 is 2.83 bits per heavy atom. The number of carbonyl (C=O) groups is 1. The average molecular weight is 329 g/mol. The molecule has 24 heavy (non-hydrogen) atoms. The molecule has 2 heterocycles. The highest BCUT2D eigenvalue weighted by Gasteiger charge is 2.29. The van der Waals surface area contributed by atoms with Gasteiger partial charge in [-0.05, 0) is 12.1 Å². The number of fused-ring (bicyclic) bond motifs is 1. The number of hydrogen-bond acceptors (Lipinski definition) is 4. The molecule has 2 aromatic rings. The number of benzene rings is 1.